The van der Waals surface area contributed by atoms with Crippen molar-refractivity contribution in [3.63, 3.8) is 0 Å². The normalized spacial score (nSPS) is 11.9. The Bertz CT molecular complexity index is 819. The lowest BCUT2D eigenvalue weighted by Crippen LogP contribution is -2.30. The van der Waals surface area contributed by atoms with Gasteiger partial charge in [0.25, 0.3) is 0 Å². The molecule has 0 saturated heterocycles. The van der Waals surface area contributed by atoms with E-state index in [1.165, 1.54) is 6.33 Å². The molecule has 0 aliphatic heterocycles. The highest BCUT2D eigenvalue weighted by molar-refractivity contribution is 7.20. The van der Waals surface area contributed by atoms with E-state index in [9.17, 15) is 19.5 Å². The molecule has 2 rings (SSSR count). The molecule has 134 valence electrons. The number of aliphatic carboxylic acids is 2. The van der Waals surface area contributed by atoms with Gasteiger partial charge in [0.05, 0.1) is 12.0 Å². The van der Waals surface area contributed by atoms with Gasteiger partial charge in [0.2, 0.25) is 0 Å². The minimum absolute atomic E-state index is 0.107. The maximum absolute atomic E-state index is 12.0. The highest BCUT2D eigenvalue weighted by Crippen LogP contribution is 2.34. The van der Waals surface area contributed by atoms with Crippen molar-refractivity contribution in [1.82, 2.24) is 9.97 Å². The topological polar surface area (TPSA) is 139 Å². The van der Waals surface area contributed by atoms with Crippen LogP contribution in [-0.2, 0) is 14.3 Å². The lowest BCUT2D eigenvalue weighted by molar-refractivity contribution is -0.139. The SMILES string of the molecule is CCOC(=O)c1sc2ncnc(NC(CCC(=O)O)C(=O)O)c2c1C. The van der Waals surface area contributed by atoms with Gasteiger partial charge in [-0.25, -0.2) is 19.6 Å². The van der Waals surface area contributed by atoms with Crippen LogP contribution in [0.1, 0.15) is 35.0 Å². The summed E-state index contributed by atoms with van der Waals surface area (Å²) < 4.78 is 5.01. The summed E-state index contributed by atoms with van der Waals surface area (Å²) in [4.78, 5) is 43.1. The standard InChI is InChI=1S/C15H17N3O6S/c1-3-24-15(23)11-7(2)10-12(16-6-17-13(10)25-11)18-8(14(21)22)4-5-9(19)20/h6,8H,3-5H2,1-2H3,(H,19,20)(H,21,22)(H,16,17,18). The van der Waals surface area contributed by atoms with E-state index in [0.29, 0.717) is 20.7 Å². The van der Waals surface area contributed by atoms with Crippen LogP contribution in [0.2, 0.25) is 0 Å². The van der Waals surface area contributed by atoms with Gasteiger partial charge >= 0.3 is 17.9 Å². The van der Waals surface area contributed by atoms with Crippen molar-refractivity contribution in [1.29, 1.82) is 0 Å². The Morgan fingerprint density at radius 1 is 1.32 bits per heavy atom. The van der Waals surface area contributed by atoms with E-state index in [0.717, 1.165) is 11.3 Å². The zero-order valence-corrected chi connectivity index (χ0v) is 14.4. The summed E-state index contributed by atoms with van der Waals surface area (Å²) in [7, 11) is 0. The van der Waals surface area contributed by atoms with Crippen molar-refractivity contribution < 1.29 is 29.3 Å². The molecule has 0 aliphatic carbocycles. The number of hydrogen-bond donors (Lipinski definition) is 3. The highest BCUT2D eigenvalue weighted by atomic mass is 32.1. The number of rotatable bonds is 8. The Hall–Kier alpha value is -2.75. The summed E-state index contributed by atoms with van der Waals surface area (Å²) in [5.74, 6) is -2.51. The smallest absolute Gasteiger partial charge is 0.348 e. The Balaban J connectivity index is 2.39. The van der Waals surface area contributed by atoms with Crippen molar-refractivity contribution in [3.05, 3.63) is 16.8 Å². The van der Waals surface area contributed by atoms with Gasteiger partial charge in [-0.2, -0.15) is 0 Å². The molecule has 0 saturated carbocycles. The summed E-state index contributed by atoms with van der Waals surface area (Å²) in [5.41, 5.74) is 0.587. The average molecular weight is 367 g/mol. The fourth-order valence-corrected chi connectivity index (χ4v) is 3.31. The second-order valence-electron chi connectivity index (χ2n) is 5.15. The minimum atomic E-state index is -1.19. The molecule has 9 nitrogen and oxygen atoms in total. The maximum atomic E-state index is 12.0. The number of carboxylic acids is 2. The van der Waals surface area contributed by atoms with Gasteiger partial charge in [-0.05, 0) is 25.8 Å². The molecule has 10 heteroatoms. The van der Waals surface area contributed by atoms with E-state index >= 15 is 0 Å². The Labute approximate surface area is 146 Å². The van der Waals surface area contributed by atoms with E-state index < -0.39 is 23.9 Å². The number of anilines is 1. The third kappa shape index (κ3) is 4.21. The Morgan fingerprint density at radius 3 is 2.64 bits per heavy atom. The Kier molecular flexibility index (Phi) is 5.86. The van der Waals surface area contributed by atoms with E-state index in [-0.39, 0.29) is 25.3 Å². The average Bonchev–Trinajstić information content (AvgIpc) is 2.89. The first kappa shape index (κ1) is 18.6. The Morgan fingerprint density at radius 2 is 2.04 bits per heavy atom. The number of ether oxygens (including phenoxy) is 1. The monoisotopic (exact) mass is 367 g/mol. The molecule has 25 heavy (non-hydrogen) atoms. The zero-order valence-electron chi connectivity index (χ0n) is 13.6. The predicted octanol–water partition coefficient (Wildman–Crippen LogP) is 1.91. The summed E-state index contributed by atoms with van der Waals surface area (Å²) in [6, 6.07) is -1.13. The molecule has 0 bridgehead atoms. The van der Waals surface area contributed by atoms with Crippen molar-refractivity contribution in [2.45, 2.75) is 32.7 Å². The molecule has 0 aliphatic rings. The summed E-state index contributed by atoms with van der Waals surface area (Å²) in [5, 5.41) is 21.3. The number of aryl methyl sites for hydroxylation is 1. The summed E-state index contributed by atoms with van der Waals surface area (Å²) in [6.45, 7) is 3.64. The van der Waals surface area contributed by atoms with Gasteiger partial charge in [-0.1, -0.05) is 0 Å². The lowest BCUT2D eigenvalue weighted by Gasteiger charge is -2.14. The third-order valence-corrected chi connectivity index (χ3v) is 4.62. The van der Waals surface area contributed by atoms with Crippen LogP contribution in [-0.4, -0.2) is 50.7 Å². The summed E-state index contributed by atoms with van der Waals surface area (Å²) in [6.07, 6.45) is 0.852. The van der Waals surface area contributed by atoms with Crippen molar-refractivity contribution in [2.75, 3.05) is 11.9 Å². The molecule has 1 unspecified atom stereocenters. The van der Waals surface area contributed by atoms with Gasteiger partial charge in [0.1, 0.15) is 27.9 Å². The summed E-state index contributed by atoms with van der Waals surface area (Å²) >= 11 is 1.13. The fraction of sp³-hybridized carbons (Fsp3) is 0.400. The molecule has 2 aromatic rings. The van der Waals surface area contributed by atoms with E-state index in [2.05, 4.69) is 15.3 Å². The largest absolute Gasteiger partial charge is 0.481 e. The van der Waals surface area contributed by atoms with E-state index in [1.807, 2.05) is 0 Å². The number of aromatic nitrogens is 2. The number of nitrogens with zero attached hydrogens (tertiary/aromatic N) is 2. The highest BCUT2D eigenvalue weighted by Gasteiger charge is 2.24. The van der Waals surface area contributed by atoms with Gasteiger partial charge in [-0.15, -0.1) is 11.3 Å². The number of fused-ring (bicyclic) bond motifs is 1. The molecular formula is C15H17N3O6S. The van der Waals surface area contributed by atoms with Gasteiger partial charge in [-0.3, -0.25) is 4.79 Å². The van der Waals surface area contributed by atoms with Crippen LogP contribution >= 0.6 is 11.3 Å². The number of carbonyl (C=O) groups excluding carboxylic acids is 1. The molecular weight excluding hydrogens is 350 g/mol. The molecule has 0 spiro atoms. The lowest BCUT2D eigenvalue weighted by atomic mass is 10.1. The fourth-order valence-electron chi connectivity index (χ4n) is 2.26. The second kappa shape index (κ2) is 7.88. The molecule has 0 fully saturated rings. The number of carboxylic acid groups (broad SMARTS) is 2. The molecule has 0 amide bonds. The number of esters is 1. The molecule has 0 aromatic carbocycles. The van der Waals surface area contributed by atoms with Crippen LogP contribution in [0.4, 0.5) is 5.82 Å². The number of carbonyl (C=O) groups is 3. The van der Waals surface area contributed by atoms with Crippen molar-refractivity contribution in [3.8, 4) is 0 Å². The van der Waals surface area contributed by atoms with Gasteiger partial charge in [0.15, 0.2) is 0 Å². The molecule has 2 aromatic heterocycles. The van der Waals surface area contributed by atoms with E-state index in [4.69, 9.17) is 9.84 Å². The van der Waals surface area contributed by atoms with Gasteiger partial charge < -0.3 is 20.3 Å². The third-order valence-electron chi connectivity index (χ3n) is 3.44. The molecule has 3 N–H and O–H groups in total. The van der Waals surface area contributed by atoms with E-state index in [1.54, 1.807) is 13.8 Å². The minimum Gasteiger partial charge on any atom is -0.481 e. The number of hydrogen-bond acceptors (Lipinski definition) is 8. The zero-order chi connectivity index (χ0) is 18.6. The van der Waals surface area contributed by atoms with Crippen LogP contribution in [0.5, 0.6) is 0 Å². The van der Waals surface area contributed by atoms with Crippen LogP contribution < -0.4 is 5.32 Å². The van der Waals surface area contributed by atoms with Crippen LogP contribution in [0, 0.1) is 6.92 Å². The predicted molar refractivity (Wildman–Crippen MR) is 90.0 cm³/mol. The molecule has 0 radical (unpaired) electrons. The molecule has 1 atom stereocenters. The quantitative estimate of drug-likeness (QED) is 0.597. The number of nitrogens with one attached hydrogen (secondary N) is 1. The van der Waals surface area contributed by atoms with Crippen molar-refractivity contribution in [2.24, 2.45) is 0 Å². The van der Waals surface area contributed by atoms with Crippen molar-refractivity contribution >= 4 is 45.3 Å². The first-order valence-electron chi connectivity index (χ1n) is 7.47. The maximum Gasteiger partial charge on any atom is 0.348 e. The van der Waals surface area contributed by atoms with Crippen LogP contribution in [0.3, 0.4) is 0 Å². The van der Waals surface area contributed by atoms with Crippen LogP contribution in [0.15, 0.2) is 6.33 Å². The first-order valence-corrected chi connectivity index (χ1v) is 8.29. The van der Waals surface area contributed by atoms with Gasteiger partial charge in [0, 0.05) is 6.42 Å². The van der Waals surface area contributed by atoms with Crippen LogP contribution in [0.25, 0.3) is 10.2 Å². The number of thiophene rings is 1. The first-order chi connectivity index (χ1) is 11.8. The second-order valence-corrected chi connectivity index (χ2v) is 6.15. The molecule has 2 heterocycles.